The van der Waals surface area contributed by atoms with Crippen LogP contribution in [0.2, 0.25) is 0 Å². The Kier molecular flexibility index (Phi) is 3.63. The van der Waals surface area contributed by atoms with Crippen LogP contribution in [0.15, 0.2) is 41.0 Å². The lowest BCUT2D eigenvalue weighted by molar-refractivity contribution is 1.06. The number of benzene rings is 1. The molecule has 0 aliphatic rings. The number of hydrogen-bond donors (Lipinski definition) is 0. The molecule has 0 aliphatic heterocycles. The van der Waals surface area contributed by atoms with Crippen LogP contribution in [0.1, 0.15) is 5.56 Å². The number of rotatable bonds is 2. The van der Waals surface area contributed by atoms with E-state index >= 15 is 0 Å². The fourth-order valence-corrected chi connectivity index (χ4v) is 1.96. The molecule has 0 bridgehead atoms. The lowest BCUT2D eigenvalue weighted by Crippen LogP contribution is -2.12. The van der Waals surface area contributed by atoms with Crippen molar-refractivity contribution in [2.75, 3.05) is 19.0 Å². The molecule has 0 saturated carbocycles. The van der Waals surface area contributed by atoms with Crippen LogP contribution in [0.5, 0.6) is 0 Å². The molecular formula is C14H12BrN3. The highest BCUT2D eigenvalue weighted by atomic mass is 79.9. The monoisotopic (exact) mass is 301 g/mol. The van der Waals surface area contributed by atoms with Gasteiger partial charge in [-0.1, -0.05) is 28.1 Å². The maximum atomic E-state index is 9.16. The molecule has 0 atom stereocenters. The van der Waals surface area contributed by atoms with Gasteiger partial charge in [0.2, 0.25) is 0 Å². The summed E-state index contributed by atoms with van der Waals surface area (Å²) in [6, 6.07) is 12.0. The van der Waals surface area contributed by atoms with Crippen molar-refractivity contribution in [1.82, 2.24) is 4.98 Å². The third-order valence-corrected chi connectivity index (χ3v) is 3.12. The summed E-state index contributed by atoms with van der Waals surface area (Å²) in [5, 5.41) is 9.16. The zero-order valence-electron chi connectivity index (χ0n) is 10.2. The van der Waals surface area contributed by atoms with Crippen molar-refractivity contribution in [2.45, 2.75) is 0 Å². The molecule has 0 unspecified atom stereocenters. The third kappa shape index (κ3) is 2.52. The molecule has 0 aliphatic carbocycles. The van der Waals surface area contributed by atoms with Crippen LogP contribution in [0.25, 0.3) is 11.1 Å². The number of aromatic nitrogens is 1. The van der Waals surface area contributed by atoms with E-state index in [4.69, 9.17) is 5.26 Å². The normalized spacial score (nSPS) is 9.89. The summed E-state index contributed by atoms with van der Waals surface area (Å²) in [6.07, 6.45) is 1.79. The molecule has 0 saturated heterocycles. The van der Waals surface area contributed by atoms with Gasteiger partial charge in [0.1, 0.15) is 11.9 Å². The predicted octanol–water partition coefficient (Wildman–Crippen LogP) is 3.45. The second-order valence-corrected chi connectivity index (χ2v) is 5.02. The van der Waals surface area contributed by atoms with Crippen molar-refractivity contribution in [3.05, 3.63) is 46.6 Å². The first-order chi connectivity index (χ1) is 8.61. The van der Waals surface area contributed by atoms with E-state index in [2.05, 4.69) is 27.0 Å². The van der Waals surface area contributed by atoms with E-state index in [1.807, 2.05) is 49.3 Å². The molecule has 18 heavy (non-hydrogen) atoms. The summed E-state index contributed by atoms with van der Waals surface area (Å²) >= 11 is 3.40. The molecule has 0 radical (unpaired) electrons. The van der Waals surface area contributed by atoms with E-state index in [0.29, 0.717) is 11.4 Å². The number of hydrogen-bond acceptors (Lipinski definition) is 3. The van der Waals surface area contributed by atoms with Crippen LogP contribution in [0.4, 0.5) is 5.82 Å². The third-order valence-electron chi connectivity index (χ3n) is 2.59. The molecule has 90 valence electrons. The highest BCUT2D eigenvalue weighted by Crippen LogP contribution is 2.25. The number of halogens is 1. The Morgan fingerprint density at radius 1 is 1.17 bits per heavy atom. The van der Waals surface area contributed by atoms with E-state index in [-0.39, 0.29) is 0 Å². The molecule has 1 aromatic carbocycles. The highest BCUT2D eigenvalue weighted by molar-refractivity contribution is 9.10. The topological polar surface area (TPSA) is 39.9 Å². The molecule has 2 rings (SSSR count). The fraction of sp³-hybridized carbons (Fsp3) is 0.143. The molecule has 4 heteroatoms. The minimum absolute atomic E-state index is 0.584. The average molecular weight is 302 g/mol. The maximum Gasteiger partial charge on any atom is 0.146 e. The zero-order valence-corrected chi connectivity index (χ0v) is 11.8. The summed E-state index contributed by atoms with van der Waals surface area (Å²) in [7, 11) is 3.75. The van der Waals surface area contributed by atoms with Crippen LogP contribution < -0.4 is 4.90 Å². The van der Waals surface area contributed by atoms with Crippen molar-refractivity contribution in [1.29, 1.82) is 5.26 Å². The first-order valence-corrected chi connectivity index (χ1v) is 6.24. The first kappa shape index (κ1) is 12.6. The quantitative estimate of drug-likeness (QED) is 0.853. The maximum absolute atomic E-state index is 9.16. The lowest BCUT2D eigenvalue weighted by Gasteiger charge is -2.13. The molecular weight excluding hydrogens is 290 g/mol. The van der Waals surface area contributed by atoms with Gasteiger partial charge in [-0.3, -0.25) is 0 Å². The predicted molar refractivity (Wildman–Crippen MR) is 76.4 cm³/mol. The van der Waals surface area contributed by atoms with E-state index in [1.54, 1.807) is 6.20 Å². The minimum Gasteiger partial charge on any atom is -0.362 e. The van der Waals surface area contributed by atoms with Gasteiger partial charge in [-0.05, 0) is 23.8 Å². The van der Waals surface area contributed by atoms with Crippen molar-refractivity contribution < 1.29 is 0 Å². The van der Waals surface area contributed by atoms with E-state index in [0.717, 1.165) is 15.6 Å². The van der Waals surface area contributed by atoms with Gasteiger partial charge in [-0.2, -0.15) is 5.26 Å². The largest absolute Gasteiger partial charge is 0.362 e. The van der Waals surface area contributed by atoms with Gasteiger partial charge in [0, 0.05) is 30.3 Å². The average Bonchev–Trinajstić information content (AvgIpc) is 2.38. The zero-order chi connectivity index (χ0) is 13.1. The molecule has 2 aromatic rings. The summed E-state index contributed by atoms with van der Waals surface area (Å²) < 4.78 is 1.03. The SMILES string of the molecule is CN(C)c1ncc(-c2ccc(Br)cc2)cc1C#N. The molecule has 1 heterocycles. The van der Waals surface area contributed by atoms with Gasteiger partial charge in [0.25, 0.3) is 0 Å². The van der Waals surface area contributed by atoms with Crippen LogP contribution in [0.3, 0.4) is 0 Å². The molecule has 0 amide bonds. The Balaban J connectivity index is 2.48. The summed E-state index contributed by atoms with van der Waals surface area (Å²) in [5.74, 6) is 0.693. The van der Waals surface area contributed by atoms with E-state index < -0.39 is 0 Å². The van der Waals surface area contributed by atoms with Gasteiger partial charge in [0.05, 0.1) is 5.56 Å². The van der Waals surface area contributed by atoms with Crippen LogP contribution >= 0.6 is 15.9 Å². The summed E-state index contributed by atoms with van der Waals surface area (Å²) in [6.45, 7) is 0. The Morgan fingerprint density at radius 3 is 2.39 bits per heavy atom. The van der Waals surface area contributed by atoms with Crippen molar-refractivity contribution in [3.63, 3.8) is 0 Å². The van der Waals surface area contributed by atoms with Crippen LogP contribution in [-0.2, 0) is 0 Å². The molecule has 0 fully saturated rings. The van der Waals surface area contributed by atoms with Gasteiger partial charge >= 0.3 is 0 Å². The Labute approximate surface area is 115 Å². The molecule has 1 aromatic heterocycles. The lowest BCUT2D eigenvalue weighted by atomic mass is 10.1. The van der Waals surface area contributed by atoms with E-state index in [9.17, 15) is 0 Å². The van der Waals surface area contributed by atoms with Crippen LogP contribution in [0, 0.1) is 11.3 Å². The van der Waals surface area contributed by atoms with E-state index in [1.165, 1.54) is 0 Å². The highest BCUT2D eigenvalue weighted by Gasteiger charge is 2.08. The molecule has 0 N–H and O–H groups in total. The van der Waals surface area contributed by atoms with Crippen molar-refractivity contribution >= 4 is 21.7 Å². The van der Waals surface area contributed by atoms with Crippen LogP contribution in [-0.4, -0.2) is 19.1 Å². The van der Waals surface area contributed by atoms with Gasteiger partial charge in [-0.15, -0.1) is 0 Å². The van der Waals surface area contributed by atoms with Gasteiger partial charge in [0.15, 0.2) is 0 Å². The number of pyridine rings is 1. The number of anilines is 1. The fourth-order valence-electron chi connectivity index (χ4n) is 1.70. The minimum atomic E-state index is 0.584. The second kappa shape index (κ2) is 5.19. The number of nitrogens with zero attached hydrogens (tertiary/aromatic N) is 3. The molecule has 3 nitrogen and oxygen atoms in total. The first-order valence-electron chi connectivity index (χ1n) is 5.45. The van der Waals surface area contributed by atoms with Crippen molar-refractivity contribution in [2.24, 2.45) is 0 Å². The Bertz CT molecular complexity index is 597. The van der Waals surface area contributed by atoms with Gasteiger partial charge in [-0.25, -0.2) is 4.98 Å². The van der Waals surface area contributed by atoms with Crippen molar-refractivity contribution in [3.8, 4) is 17.2 Å². The standard InChI is InChI=1S/C14H12BrN3/c1-18(2)14-11(8-16)7-12(9-17-14)10-3-5-13(15)6-4-10/h3-7,9H,1-2H3. The Hall–Kier alpha value is -1.86. The summed E-state index contributed by atoms with van der Waals surface area (Å²) in [4.78, 5) is 6.18. The Morgan fingerprint density at radius 2 is 1.83 bits per heavy atom. The second-order valence-electron chi connectivity index (χ2n) is 4.11. The van der Waals surface area contributed by atoms with Gasteiger partial charge < -0.3 is 4.90 Å². The smallest absolute Gasteiger partial charge is 0.146 e. The molecule has 0 spiro atoms. The summed E-state index contributed by atoms with van der Waals surface area (Å²) in [5.41, 5.74) is 2.58. The number of nitriles is 1.